The molecule has 0 bridgehead atoms. The van der Waals surface area contributed by atoms with Crippen LogP contribution in [0.25, 0.3) is 11.0 Å². The minimum atomic E-state index is -0.497. The van der Waals surface area contributed by atoms with E-state index in [-0.39, 0.29) is 23.9 Å². The first-order valence-corrected chi connectivity index (χ1v) is 12.2. The van der Waals surface area contributed by atoms with Crippen molar-refractivity contribution in [2.24, 2.45) is 0 Å². The molecule has 0 aliphatic carbocycles. The fraction of sp³-hybridized carbons (Fsp3) is 0.400. The minimum absolute atomic E-state index is 0.0296. The van der Waals surface area contributed by atoms with Crippen LogP contribution in [0.15, 0.2) is 35.0 Å². The van der Waals surface area contributed by atoms with Crippen molar-refractivity contribution in [3.05, 3.63) is 57.5 Å². The largest absolute Gasteiger partial charge is 0.493 e. The van der Waals surface area contributed by atoms with Crippen molar-refractivity contribution in [2.75, 3.05) is 33.3 Å². The zero-order valence-electron chi connectivity index (χ0n) is 19.6. The second-order valence-corrected chi connectivity index (χ2v) is 9.26. The Balaban J connectivity index is 1.59. The molecule has 1 aliphatic heterocycles. The maximum Gasteiger partial charge on any atom is 0.289 e. The van der Waals surface area contributed by atoms with Gasteiger partial charge in [-0.3, -0.25) is 19.5 Å². The van der Waals surface area contributed by atoms with E-state index in [2.05, 4.69) is 4.98 Å². The lowest BCUT2D eigenvalue weighted by Gasteiger charge is -2.36. The highest BCUT2D eigenvalue weighted by molar-refractivity contribution is 6.36. The number of pyridine rings is 1. The van der Waals surface area contributed by atoms with Gasteiger partial charge in [-0.25, -0.2) is 0 Å². The number of benzene rings is 1. The zero-order valence-corrected chi connectivity index (χ0v) is 21.1. The number of piperazine rings is 1. The summed E-state index contributed by atoms with van der Waals surface area (Å²) < 4.78 is 11.3. The first-order chi connectivity index (χ1) is 16.8. The number of aliphatic hydroxyl groups excluding tert-OH is 1. The van der Waals surface area contributed by atoms with Crippen LogP contribution in [0, 0.1) is 0 Å². The minimum Gasteiger partial charge on any atom is -0.493 e. The number of ketones is 1. The molecule has 1 unspecified atom stereocenters. The molecule has 0 radical (unpaired) electrons. The lowest BCUT2D eigenvalue weighted by Crippen LogP contribution is -2.51. The number of furan rings is 1. The van der Waals surface area contributed by atoms with E-state index >= 15 is 0 Å². The Morgan fingerprint density at radius 1 is 1.17 bits per heavy atom. The third-order valence-electron chi connectivity index (χ3n) is 6.24. The maximum atomic E-state index is 13.2. The molecular formula is C25H27Cl2N3O5. The van der Waals surface area contributed by atoms with Crippen molar-refractivity contribution in [3.8, 4) is 5.75 Å². The number of fused-ring (bicyclic) bond motifs is 1. The summed E-state index contributed by atoms with van der Waals surface area (Å²) in [5.74, 6) is 0.0432. The quantitative estimate of drug-likeness (QED) is 0.439. The molecule has 1 saturated heterocycles. The van der Waals surface area contributed by atoms with Crippen molar-refractivity contribution >= 4 is 45.9 Å². The van der Waals surface area contributed by atoms with Gasteiger partial charge in [0.25, 0.3) is 5.91 Å². The fourth-order valence-corrected chi connectivity index (χ4v) is 4.79. The summed E-state index contributed by atoms with van der Waals surface area (Å²) >= 11 is 12.4. The summed E-state index contributed by atoms with van der Waals surface area (Å²) in [6, 6.07) is 4.86. The van der Waals surface area contributed by atoms with Gasteiger partial charge in [0.2, 0.25) is 0 Å². The van der Waals surface area contributed by atoms with Gasteiger partial charge in [-0.2, -0.15) is 0 Å². The first-order valence-electron chi connectivity index (χ1n) is 11.5. The Morgan fingerprint density at radius 2 is 1.86 bits per heavy atom. The Labute approximate surface area is 213 Å². The molecular weight excluding hydrogens is 493 g/mol. The number of hydrogen-bond donors (Lipinski definition) is 1. The smallest absolute Gasteiger partial charge is 0.289 e. The van der Waals surface area contributed by atoms with E-state index in [1.165, 1.54) is 19.5 Å². The second kappa shape index (κ2) is 11.0. The highest BCUT2D eigenvalue weighted by Gasteiger charge is 2.28. The molecule has 35 heavy (non-hydrogen) atoms. The van der Waals surface area contributed by atoms with Crippen LogP contribution in [-0.4, -0.2) is 71.1 Å². The molecule has 4 rings (SSSR count). The summed E-state index contributed by atoms with van der Waals surface area (Å²) in [7, 11) is 1.50. The lowest BCUT2D eigenvalue weighted by atomic mass is 10.00. The van der Waals surface area contributed by atoms with Crippen molar-refractivity contribution in [1.82, 2.24) is 14.8 Å². The number of methoxy groups -OCH3 is 1. The summed E-state index contributed by atoms with van der Waals surface area (Å²) in [5, 5.41) is 11.3. The van der Waals surface area contributed by atoms with Crippen LogP contribution >= 0.6 is 23.2 Å². The number of rotatable bonds is 8. The van der Waals surface area contributed by atoms with Crippen molar-refractivity contribution in [1.29, 1.82) is 0 Å². The molecule has 0 spiro atoms. The molecule has 1 fully saturated rings. The number of hydrogen-bond acceptors (Lipinski definition) is 7. The Bertz CT molecular complexity index is 1220. The van der Waals surface area contributed by atoms with Gasteiger partial charge in [-0.1, -0.05) is 36.5 Å². The predicted octanol–water partition coefficient (Wildman–Crippen LogP) is 4.44. The number of carbonyl (C=O) groups is 2. The normalized spacial score (nSPS) is 15.4. The summed E-state index contributed by atoms with van der Waals surface area (Å²) in [4.78, 5) is 34.0. The fourth-order valence-electron chi connectivity index (χ4n) is 4.29. The molecule has 10 heteroatoms. The van der Waals surface area contributed by atoms with Gasteiger partial charge >= 0.3 is 0 Å². The number of halogens is 2. The Hall–Kier alpha value is -2.65. The average Bonchev–Trinajstić information content (AvgIpc) is 3.31. The highest BCUT2D eigenvalue weighted by Crippen LogP contribution is 2.34. The number of nitrogens with zero attached hydrogens (tertiary/aromatic N) is 3. The van der Waals surface area contributed by atoms with Gasteiger partial charge < -0.3 is 19.2 Å². The third kappa shape index (κ3) is 5.30. The van der Waals surface area contributed by atoms with E-state index in [1.54, 1.807) is 23.1 Å². The van der Waals surface area contributed by atoms with Crippen molar-refractivity contribution in [3.63, 3.8) is 0 Å². The Kier molecular flexibility index (Phi) is 7.96. The van der Waals surface area contributed by atoms with Gasteiger partial charge in [0, 0.05) is 61.5 Å². The molecule has 3 aromatic rings. The molecule has 1 N–H and O–H groups in total. The van der Waals surface area contributed by atoms with Crippen LogP contribution in [0.1, 0.15) is 46.2 Å². The van der Waals surface area contributed by atoms with Gasteiger partial charge in [0.15, 0.2) is 22.9 Å². The molecule has 186 valence electrons. The van der Waals surface area contributed by atoms with Crippen LogP contribution in [0.2, 0.25) is 10.0 Å². The van der Waals surface area contributed by atoms with E-state index < -0.39 is 6.23 Å². The Morgan fingerprint density at radius 3 is 2.49 bits per heavy atom. The standard InChI is InChI=1S/C25H27Cl2N3O5/c1-3-4-23(32)29-7-9-30(10-8-29)25(33)22-12-16-15(5-6-21(34-2)24(16)35-22)20(31)11-17-18(26)13-28-14-19(17)27/h5-6,12-14,23,32H,3-4,7-11H2,1-2H3. The number of amides is 1. The number of aromatic nitrogens is 1. The highest BCUT2D eigenvalue weighted by atomic mass is 35.5. The topological polar surface area (TPSA) is 96.1 Å². The van der Waals surface area contributed by atoms with Gasteiger partial charge in [0.05, 0.1) is 17.2 Å². The molecule has 1 aromatic carbocycles. The summed E-state index contributed by atoms with van der Waals surface area (Å²) in [6.07, 6.45) is 3.94. The van der Waals surface area contributed by atoms with Crippen LogP contribution in [0.4, 0.5) is 0 Å². The summed E-state index contributed by atoms with van der Waals surface area (Å²) in [5.41, 5.74) is 1.19. The molecule has 0 saturated carbocycles. The van der Waals surface area contributed by atoms with Crippen LogP contribution < -0.4 is 4.74 Å². The van der Waals surface area contributed by atoms with Crippen LogP contribution in [0.3, 0.4) is 0 Å². The van der Waals surface area contributed by atoms with Gasteiger partial charge in [-0.05, 0) is 24.6 Å². The second-order valence-electron chi connectivity index (χ2n) is 8.45. The van der Waals surface area contributed by atoms with E-state index in [1.807, 2.05) is 11.8 Å². The van der Waals surface area contributed by atoms with Crippen molar-refractivity contribution in [2.45, 2.75) is 32.4 Å². The van der Waals surface area contributed by atoms with E-state index in [0.717, 1.165) is 6.42 Å². The SMILES string of the molecule is CCCC(O)N1CCN(C(=O)c2cc3c(C(=O)Cc4c(Cl)cncc4Cl)ccc(OC)c3o2)CC1. The lowest BCUT2D eigenvalue weighted by molar-refractivity contribution is -0.0272. The van der Waals surface area contributed by atoms with Gasteiger partial charge in [-0.15, -0.1) is 0 Å². The van der Waals surface area contributed by atoms with E-state index in [9.17, 15) is 14.7 Å². The summed E-state index contributed by atoms with van der Waals surface area (Å²) in [6.45, 7) is 4.12. The van der Waals surface area contributed by atoms with E-state index in [0.29, 0.717) is 70.5 Å². The maximum absolute atomic E-state index is 13.2. The molecule has 8 nitrogen and oxygen atoms in total. The van der Waals surface area contributed by atoms with E-state index in [4.69, 9.17) is 32.4 Å². The average molecular weight is 520 g/mol. The predicted molar refractivity (Wildman–Crippen MR) is 133 cm³/mol. The zero-order chi connectivity index (χ0) is 25.1. The van der Waals surface area contributed by atoms with Crippen LogP contribution in [-0.2, 0) is 6.42 Å². The number of aliphatic hydroxyl groups is 1. The van der Waals surface area contributed by atoms with Crippen LogP contribution in [0.5, 0.6) is 5.75 Å². The first kappa shape index (κ1) is 25.4. The molecule has 1 amide bonds. The molecule has 1 atom stereocenters. The molecule has 1 aliphatic rings. The number of carbonyl (C=O) groups excluding carboxylic acids is 2. The van der Waals surface area contributed by atoms with Crippen molar-refractivity contribution < 1.29 is 23.8 Å². The molecule has 2 aromatic heterocycles. The third-order valence-corrected chi connectivity index (χ3v) is 6.89. The monoisotopic (exact) mass is 519 g/mol. The number of Topliss-reactive ketones (excluding diaryl/α,β-unsaturated/α-hetero) is 1. The van der Waals surface area contributed by atoms with Gasteiger partial charge in [0.1, 0.15) is 6.23 Å². The number of ether oxygens (including phenoxy) is 1. The molecule has 3 heterocycles.